The van der Waals surface area contributed by atoms with Crippen molar-refractivity contribution in [2.24, 2.45) is 0 Å². The average molecular weight is 595 g/mol. The van der Waals surface area contributed by atoms with E-state index in [4.69, 9.17) is 0 Å². The van der Waals surface area contributed by atoms with Crippen molar-refractivity contribution in [2.75, 3.05) is 44.2 Å². The fraction of sp³-hybridized carbons (Fsp3) is 0.296. The molecular formula is C27H27BrN6O5. The number of likely N-dealkylation sites (tertiary alicyclic amines) is 1. The van der Waals surface area contributed by atoms with Crippen LogP contribution in [0.5, 0.6) is 0 Å². The third-order valence-electron chi connectivity index (χ3n) is 7.11. The van der Waals surface area contributed by atoms with Gasteiger partial charge in [-0.3, -0.25) is 24.5 Å². The molecule has 2 aliphatic heterocycles. The molecule has 1 N–H and O–H groups in total. The molecule has 0 radical (unpaired) electrons. The molecule has 3 heterocycles. The molecule has 0 unspecified atom stereocenters. The van der Waals surface area contributed by atoms with Gasteiger partial charge < -0.3 is 24.6 Å². The number of nitrogens with zero attached hydrogens (tertiary/aromatic N) is 5. The van der Waals surface area contributed by atoms with Crippen LogP contribution in [0.2, 0.25) is 0 Å². The van der Waals surface area contributed by atoms with Crippen LogP contribution in [0.25, 0.3) is 10.9 Å². The van der Waals surface area contributed by atoms with Crippen LogP contribution in [0, 0.1) is 10.1 Å². The molecule has 0 spiro atoms. The van der Waals surface area contributed by atoms with Crippen LogP contribution >= 0.6 is 15.9 Å². The summed E-state index contributed by atoms with van der Waals surface area (Å²) in [5.74, 6) is -0.460. The van der Waals surface area contributed by atoms with Crippen LogP contribution in [-0.4, -0.2) is 82.3 Å². The van der Waals surface area contributed by atoms with Gasteiger partial charge >= 0.3 is 0 Å². The van der Waals surface area contributed by atoms with Crippen LogP contribution in [0.4, 0.5) is 11.4 Å². The largest absolute Gasteiger partial charge is 0.368 e. The number of anilines is 1. The van der Waals surface area contributed by atoms with Crippen molar-refractivity contribution in [1.82, 2.24) is 19.7 Å². The molecule has 202 valence electrons. The monoisotopic (exact) mass is 594 g/mol. The number of nitro groups is 1. The van der Waals surface area contributed by atoms with Crippen LogP contribution in [0.3, 0.4) is 0 Å². The summed E-state index contributed by atoms with van der Waals surface area (Å²) in [4.78, 5) is 54.0. The molecule has 39 heavy (non-hydrogen) atoms. The Hall–Kier alpha value is -4.19. The molecule has 2 aliphatic rings. The van der Waals surface area contributed by atoms with Crippen molar-refractivity contribution in [3.63, 3.8) is 0 Å². The number of aromatic nitrogens is 1. The number of nitrogens with one attached hydrogen (secondary N) is 1. The predicted octanol–water partition coefficient (Wildman–Crippen LogP) is 2.79. The van der Waals surface area contributed by atoms with E-state index in [1.807, 2.05) is 18.2 Å². The van der Waals surface area contributed by atoms with Crippen molar-refractivity contribution in [3.8, 4) is 0 Å². The Morgan fingerprint density at radius 2 is 1.74 bits per heavy atom. The van der Waals surface area contributed by atoms with E-state index in [1.54, 1.807) is 32.7 Å². The number of rotatable bonds is 7. The molecule has 3 amide bonds. The molecule has 5 rings (SSSR count). The third kappa shape index (κ3) is 5.51. The van der Waals surface area contributed by atoms with Crippen molar-refractivity contribution in [1.29, 1.82) is 0 Å². The number of carbonyl (C=O) groups excluding carboxylic acids is 3. The minimum absolute atomic E-state index is 0.0428. The molecule has 2 fully saturated rings. The normalized spacial score (nSPS) is 15.7. The van der Waals surface area contributed by atoms with Gasteiger partial charge in [0.15, 0.2) is 0 Å². The Labute approximate surface area is 232 Å². The SMILES string of the molecule is C=CC(=O)N1CC(NC(=O)Cn2cc(C(=O)N3CCN(c4ccc([N+](=O)[O-])cc4)CC3)c3cc(Br)ccc32)C1. The molecule has 11 nitrogen and oxygen atoms in total. The minimum Gasteiger partial charge on any atom is -0.368 e. The summed E-state index contributed by atoms with van der Waals surface area (Å²) in [5, 5.41) is 14.6. The van der Waals surface area contributed by atoms with Crippen molar-refractivity contribution in [3.05, 3.63) is 81.5 Å². The minimum atomic E-state index is -0.425. The molecule has 3 aromatic rings. The maximum atomic E-state index is 13.6. The van der Waals surface area contributed by atoms with Gasteiger partial charge in [0.25, 0.3) is 11.6 Å². The van der Waals surface area contributed by atoms with Gasteiger partial charge in [-0.2, -0.15) is 0 Å². The van der Waals surface area contributed by atoms with Crippen molar-refractivity contribution >= 4 is 55.9 Å². The average Bonchev–Trinajstić information content (AvgIpc) is 3.26. The zero-order chi connectivity index (χ0) is 27.7. The number of nitro benzene ring substituents is 1. The van der Waals surface area contributed by atoms with Crippen LogP contribution < -0.4 is 10.2 Å². The number of hydrogen-bond acceptors (Lipinski definition) is 6. The lowest BCUT2D eigenvalue weighted by Crippen LogP contribution is -2.61. The van der Waals surface area contributed by atoms with E-state index in [0.29, 0.717) is 44.8 Å². The first-order chi connectivity index (χ1) is 18.7. The lowest BCUT2D eigenvalue weighted by atomic mass is 10.1. The summed E-state index contributed by atoms with van der Waals surface area (Å²) in [6, 6.07) is 12.0. The van der Waals surface area contributed by atoms with Gasteiger partial charge in [0.2, 0.25) is 11.8 Å². The topological polar surface area (TPSA) is 121 Å². The first-order valence-corrected chi connectivity index (χ1v) is 13.3. The van der Waals surface area contributed by atoms with E-state index in [2.05, 4.69) is 32.7 Å². The lowest BCUT2D eigenvalue weighted by molar-refractivity contribution is -0.384. The van der Waals surface area contributed by atoms with Crippen LogP contribution in [0.1, 0.15) is 10.4 Å². The Morgan fingerprint density at radius 3 is 2.38 bits per heavy atom. The quantitative estimate of drug-likeness (QED) is 0.255. The second-order valence-electron chi connectivity index (χ2n) is 9.60. The molecular weight excluding hydrogens is 568 g/mol. The maximum Gasteiger partial charge on any atom is 0.269 e. The van der Waals surface area contributed by atoms with Gasteiger partial charge in [-0.25, -0.2) is 0 Å². The number of amides is 3. The summed E-state index contributed by atoms with van der Waals surface area (Å²) in [7, 11) is 0. The van der Waals surface area contributed by atoms with Crippen molar-refractivity contribution in [2.45, 2.75) is 12.6 Å². The van der Waals surface area contributed by atoms with E-state index in [-0.39, 0.29) is 36.0 Å². The smallest absolute Gasteiger partial charge is 0.269 e. The van der Waals surface area contributed by atoms with E-state index in [1.165, 1.54) is 18.2 Å². The molecule has 2 saturated heterocycles. The second kappa shape index (κ2) is 10.9. The van der Waals surface area contributed by atoms with Crippen LogP contribution in [0.15, 0.2) is 65.8 Å². The molecule has 0 bridgehead atoms. The highest BCUT2D eigenvalue weighted by molar-refractivity contribution is 9.10. The zero-order valence-corrected chi connectivity index (χ0v) is 22.7. The molecule has 1 aromatic heterocycles. The number of fused-ring (bicyclic) bond motifs is 1. The Balaban J connectivity index is 1.26. The maximum absolute atomic E-state index is 13.6. The third-order valence-corrected chi connectivity index (χ3v) is 7.61. The van der Waals surface area contributed by atoms with E-state index >= 15 is 0 Å². The van der Waals surface area contributed by atoms with Gasteiger partial charge in [-0.1, -0.05) is 22.5 Å². The first-order valence-electron chi connectivity index (χ1n) is 12.5. The molecule has 0 saturated carbocycles. The Bertz CT molecular complexity index is 1460. The highest BCUT2D eigenvalue weighted by Crippen LogP contribution is 2.28. The summed E-state index contributed by atoms with van der Waals surface area (Å²) in [5.41, 5.74) is 2.22. The summed E-state index contributed by atoms with van der Waals surface area (Å²) in [6.07, 6.45) is 2.99. The standard InChI is InChI=1S/C27H27BrN6O5/c1-2-26(36)33-14-19(15-33)29-25(35)17-32-16-23(22-13-18(28)3-8-24(22)32)27(37)31-11-9-30(10-12-31)20-4-6-21(7-5-20)34(38)39/h2-8,13,16,19H,1,9-12,14-15,17H2,(H,29,35). The van der Waals surface area contributed by atoms with Crippen LogP contribution in [-0.2, 0) is 16.1 Å². The van der Waals surface area contributed by atoms with E-state index < -0.39 is 4.92 Å². The number of carbonyl (C=O) groups is 3. The highest BCUT2D eigenvalue weighted by Gasteiger charge is 2.31. The Kier molecular flexibility index (Phi) is 7.38. The molecule has 0 atom stereocenters. The van der Waals surface area contributed by atoms with Gasteiger partial charge in [0.05, 0.1) is 16.5 Å². The fourth-order valence-electron chi connectivity index (χ4n) is 5.00. The van der Waals surface area contributed by atoms with Gasteiger partial charge in [-0.05, 0) is 36.4 Å². The van der Waals surface area contributed by atoms with Gasteiger partial charge in [0.1, 0.15) is 6.54 Å². The summed E-state index contributed by atoms with van der Waals surface area (Å²) < 4.78 is 2.61. The zero-order valence-electron chi connectivity index (χ0n) is 21.1. The number of halogens is 1. The summed E-state index contributed by atoms with van der Waals surface area (Å²) >= 11 is 3.49. The molecule has 0 aliphatic carbocycles. The lowest BCUT2D eigenvalue weighted by Gasteiger charge is -2.38. The van der Waals surface area contributed by atoms with E-state index in [9.17, 15) is 24.5 Å². The van der Waals surface area contributed by atoms with Gasteiger partial charge in [-0.15, -0.1) is 0 Å². The summed E-state index contributed by atoms with van der Waals surface area (Å²) in [6.45, 7) is 6.62. The predicted molar refractivity (Wildman–Crippen MR) is 150 cm³/mol. The molecule has 2 aromatic carbocycles. The Morgan fingerprint density at radius 1 is 1.05 bits per heavy atom. The highest BCUT2D eigenvalue weighted by atomic mass is 79.9. The number of piperazine rings is 1. The number of benzene rings is 2. The second-order valence-corrected chi connectivity index (χ2v) is 10.5. The number of hydrogen-bond donors (Lipinski definition) is 1. The fourth-order valence-corrected chi connectivity index (χ4v) is 5.36. The van der Waals surface area contributed by atoms with Crippen molar-refractivity contribution < 1.29 is 19.3 Å². The molecule has 12 heteroatoms. The van der Waals surface area contributed by atoms with Gasteiger partial charge in [0, 0.05) is 78.7 Å². The first kappa shape index (κ1) is 26.4. The number of non-ortho nitro benzene ring substituents is 1. The van der Waals surface area contributed by atoms with E-state index in [0.717, 1.165) is 21.1 Å².